The second-order valence-corrected chi connectivity index (χ2v) is 6.96. The lowest BCUT2D eigenvalue weighted by Gasteiger charge is -2.29. The van der Waals surface area contributed by atoms with E-state index in [4.69, 9.17) is 0 Å². The van der Waals surface area contributed by atoms with Crippen LogP contribution in [0.15, 0.2) is 22.7 Å². The Morgan fingerprint density at radius 2 is 2.05 bits per heavy atom. The summed E-state index contributed by atoms with van der Waals surface area (Å²) in [5.41, 5.74) is 1.37. The molecular formula is C15H17BrN4O. The predicted molar refractivity (Wildman–Crippen MR) is 84.2 cm³/mol. The van der Waals surface area contributed by atoms with E-state index in [9.17, 15) is 4.79 Å². The second-order valence-electron chi connectivity index (χ2n) is 6.04. The Hall–Kier alpha value is -1.40. The molecular weight excluding hydrogens is 332 g/mol. The summed E-state index contributed by atoms with van der Waals surface area (Å²) in [4.78, 5) is 12.5. The minimum absolute atomic E-state index is 0.0781. The molecule has 1 aromatic carbocycles. The van der Waals surface area contributed by atoms with Crippen LogP contribution < -0.4 is 10.6 Å². The first kappa shape index (κ1) is 13.3. The zero-order chi connectivity index (χ0) is 14.4. The number of rotatable bonds is 2. The maximum atomic E-state index is 12.5. The third-order valence-electron chi connectivity index (χ3n) is 4.55. The number of halogens is 1. The van der Waals surface area contributed by atoms with Crippen molar-refractivity contribution in [2.24, 2.45) is 0 Å². The van der Waals surface area contributed by atoms with Crippen molar-refractivity contribution in [3.63, 3.8) is 0 Å². The number of nitrogens with zero attached hydrogens (tertiary/aromatic N) is 1. The monoisotopic (exact) mass is 348 g/mol. The number of amides is 1. The fourth-order valence-electron chi connectivity index (χ4n) is 3.59. The zero-order valence-electron chi connectivity index (χ0n) is 11.5. The highest BCUT2D eigenvalue weighted by Crippen LogP contribution is 2.27. The number of H-pyrrole nitrogens is 1. The van der Waals surface area contributed by atoms with Crippen LogP contribution in [0.25, 0.3) is 10.9 Å². The predicted octanol–water partition coefficient (Wildman–Crippen LogP) is 2.34. The van der Waals surface area contributed by atoms with Gasteiger partial charge in [-0.15, -0.1) is 0 Å². The van der Waals surface area contributed by atoms with Crippen LogP contribution in [-0.4, -0.2) is 34.2 Å². The number of carbonyl (C=O) groups excluding carboxylic acids is 1. The topological polar surface area (TPSA) is 69.8 Å². The van der Waals surface area contributed by atoms with Crippen molar-refractivity contribution in [3.05, 3.63) is 28.4 Å². The molecule has 3 N–H and O–H groups in total. The van der Waals surface area contributed by atoms with E-state index in [0.29, 0.717) is 17.8 Å². The van der Waals surface area contributed by atoms with Crippen molar-refractivity contribution >= 4 is 32.7 Å². The van der Waals surface area contributed by atoms with Crippen LogP contribution in [0.1, 0.15) is 36.2 Å². The van der Waals surface area contributed by atoms with Crippen LogP contribution in [0.4, 0.5) is 0 Å². The summed E-state index contributed by atoms with van der Waals surface area (Å²) < 4.78 is 0.949. The van der Waals surface area contributed by atoms with Crippen LogP contribution in [0.2, 0.25) is 0 Å². The minimum atomic E-state index is -0.0781. The molecule has 2 unspecified atom stereocenters. The molecule has 5 nitrogen and oxygen atoms in total. The van der Waals surface area contributed by atoms with E-state index < -0.39 is 0 Å². The highest BCUT2D eigenvalue weighted by atomic mass is 79.9. The Kier molecular flexibility index (Phi) is 3.23. The average molecular weight is 349 g/mol. The Bertz CT molecular complexity index is 686. The highest BCUT2D eigenvalue weighted by Gasteiger charge is 2.34. The molecule has 2 saturated heterocycles. The van der Waals surface area contributed by atoms with Crippen molar-refractivity contribution in [3.8, 4) is 0 Å². The maximum Gasteiger partial charge on any atom is 0.272 e. The number of hydrogen-bond donors (Lipinski definition) is 3. The van der Waals surface area contributed by atoms with E-state index in [1.54, 1.807) is 0 Å². The largest absolute Gasteiger partial charge is 0.348 e. The summed E-state index contributed by atoms with van der Waals surface area (Å²) in [7, 11) is 0. The van der Waals surface area contributed by atoms with Gasteiger partial charge in [0.05, 0.1) is 5.52 Å². The molecule has 6 heteroatoms. The van der Waals surface area contributed by atoms with Gasteiger partial charge in [0.2, 0.25) is 0 Å². The molecule has 2 atom stereocenters. The van der Waals surface area contributed by atoms with Crippen LogP contribution >= 0.6 is 15.9 Å². The Morgan fingerprint density at radius 1 is 1.29 bits per heavy atom. The smallest absolute Gasteiger partial charge is 0.272 e. The van der Waals surface area contributed by atoms with Crippen molar-refractivity contribution in [1.82, 2.24) is 20.8 Å². The first-order valence-corrected chi connectivity index (χ1v) is 8.19. The zero-order valence-corrected chi connectivity index (χ0v) is 13.1. The third-order valence-corrected chi connectivity index (χ3v) is 5.04. The molecule has 110 valence electrons. The Morgan fingerprint density at radius 3 is 2.81 bits per heavy atom. The lowest BCUT2D eigenvalue weighted by Crippen LogP contribution is -2.48. The average Bonchev–Trinajstić information content (AvgIpc) is 3.02. The summed E-state index contributed by atoms with van der Waals surface area (Å²) in [5.74, 6) is -0.0781. The van der Waals surface area contributed by atoms with Crippen LogP contribution in [0.5, 0.6) is 0 Å². The number of aromatic amines is 1. The Labute approximate surface area is 131 Å². The lowest BCUT2D eigenvalue weighted by atomic mass is 9.99. The standard InChI is InChI=1S/C15H17BrN4O/c16-8-1-4-13-12(5-8)14(20-19-13)15(21)18-11-6-9-2-3-10(7-11)17-9/h1,4-5,9-11,17H,2-3,6-7H2,(H,18,21)(H,19,20). The number of piperidine rings is 1. The molecule has 0 aliphatic carbocycles. The summed E-state index contributed by atoms with van der Waals surface area (Å²) >= 11 is 3.44. The van der Waals surface area contributed by atoms with Crippen LogP contribution in [0.3, 0.4) is 0 Å². The number of fused-ring (bicyclic) bond motifs is 3. The number of benzene rings is 1. The molecule has 0 spiro atoms. The van der Waals surface area contributed by atoms with Crippen molar-refractivity contribution in [1.29, 1.82) is 0 Å². The van der Waals surface area contributed by atoms with Crippen molar-refractivity contribution < 1.29 is 4.79 Å². The summed E-state index contributed by atoms with van der Waals surface area (Å²) in [5, 5.41) is 14.7. The molecule has 21 heavy (non-hydrogen) atoms. The molecule has 2 aliphatic rings. The van der Waals surface area contributed by atoms with E-state index in [-0.39, 0.29) is 11.9 Å². The van der Waals surface area contributed by atoms with E-state index in [1.807, 2.05) is 18.2 Å². The summed E-state index contributed by atoms with van der Waals surface area (Å²) in [6, 6.07) is 7.19. The normalized spacial score (nSPS) is 28.0. The highest BCUT2D eigenvalue weighted by molar-refractivity contribution is 9.10. The molecule has 0 radical (unpaired) electrons. The van der Waals surface area contributed by atoms with E-state index in [2.05, 4.69) is 36.8 Å². The lowest BCUT2D eigenvalue weighted by molar-refractivity contribution is 0.0920. The van der Waals surface area contributed by atoms with E-state index in [0.717, 1.165) is 28.2 Å². The molecule has 3 heterocycles. The maximum absolute atomic E-state index is 12.5. The van der Waals surface area contributed by atoms with Gasteiger partial charge in [-0.05, 0) is 43.9 Å². The SMILES string of the molecule is O=C(NC1CC2CCC(C1)N2)c1n[nH]c2ccc(Br)cc12. The van der Waals surface area contributed by atoms with Gasteiger partial charge in [-0.25, -0.2) is 0 Å². The number of hydrogen-bond acceptors (Lipinski definition) is 3. The van der Waals surface area contributed by atoms with Crippen LogP contribution in [0, 0.1) is 0 Å². The third kappa shape index (κ3) is 2.46. The molecule has 4 rings (SSSR count). The van der Waals surface area contributed by atoms with Gasteiger partial charge in [0.25, 0.3) is 5.91 Å². The number of nitrogens with one attached hydrogen (secondary N) is 3. The van der Waals surface area contributed by atoms with Crippen molar-refractivity contribution in [2.45, 2.75) is 43.8 Å². The van der Waals surface area contributed by atoms with Gasteiger partial charge in [-0.2, -0.15) is 5.10 Å². The molecule has 2 aromatic rings. The quantitative estimate of drug-likeness (QED) is 0.780. The molecule has 1 aromatic heterocycles. The molecule has 2 fully saturated rings. The van der Waals surface area contributed by atoms with Gasteiger partial charge in [0.1, 0.15) is 0 Å². The van der Waals surface area contributed by atoms with Gasteiger partial charge >= 0.3 is 0 Å². The summed E-state index contributed by atoms with van der Waals surface area (Å²) in [6.45, 7) is 0. The van der Waals surface area contributed by atoms with E-state index in [1.165, 1.54) is 12.8 Å². The van der Waals surface area contributed by atoms with Gasteiger partial charge in [-0.3, -0.25) is 9.89 Å². The molecule has 0 saturated carbocycles. The first-order valence-electron chi connectivity index (χ1n) is 7.39. The second kappa shape index (κ2) is 5.10. The number of aromatic nitrogens is 2. The molecule has 1 amide bonds. The summed E-state index contributed by atoms with van der Waals surface area (Å²) in [6.07, 6.45) is 4.51. The van der Waals surface area contributed by atoms with Crippen LogP contribution in [-0.2, 0) is 0 Å². The fraction of sp³-hybridized carbons (Fsp3) is 0.467. The molecule has 2 bridgehead atoms. The Balaban J connectivity index is 1.55. The van der Waals surface area contributed by atoms with Gasteiger partial charge in [0.15, 0.2) is 5.69 Å². The fourth-order valence-corrected chi connectivity index (χ4v) is 3.95. The molecule has 2 aliphatic heterocycles. The van der Waals surface area contributed by atoms with Gasteiger partial charge < -0.3 is 10.6 Å². The van der Waals surface area contributed by atoms with Gasteiger partial charge in [0, 0.05) is 28.0 Å². The minimum Gasteiger partial charge on any atom is -0.348 e. The van der Waals surface area contributed by atoms with Gasteiger partial charge in [-0.1, -0.05) is 15.9 Å². The first-order chi connectivity index (χ1) is 10.2. The van der Waals surface area contributed by atoms with Crippen molar-refractivity contribution in [2.75, 3.05) is 0 Å². The van der Waals surface area contributed by atoms with E-state index >= 15 is 0 Å². The number of carbonyl (C=O) groups is 1.